The van der Waals surface area contributed by atoms with E-state index in [0.717, 1.165) is 12.2 Å². The van der Waals surface area contributed by atoms with E-state index in [9.17, 15) is 9.59 Å². The van der Waals surface area contributed by atoms with Crippen molar-refractivity contribution in [3.8, 4) is 0 Å². The van der Waals surface area contributed by atoms with Gasteiger partial charge in [-0.05, 0) is 18.2 Å². The Balaban J connectivity index is 2.77. The van der Waals surface area contributed by atoms with Crippen molar-refractivity contribution in [3.05, 3.63) is 40.4 Å². The standard InChI is InChI=1S/C10H7Cl2NO3/c11-6-1-2-7(12)8(5-6)13-9(14)3-4-10(15)16/h1-5H,(H,13,14)(H,15,16). The van der Waals surface area contributed by atoms with E-state index in [1.165, 1.54) is 12.1 Å². The van der Waals surface area contributed by atoms with Gasteiger partial charge in [0.1, 0.15) is 0 Å². The average Bonchev–Trinajstić information content (AvgIpc) is 2.20. The van der Waals surface area contributed by atoms with Gasteiger partial charge in [-0.2, -0.15) is 0 Å². The first-order valence-corrected chi connectivity index (χ1v) is 4.91. The summed E-state index contributed by atoms with van der Waals surface area (Å²) in [4.78, 5) is 21.4. The van der Waals surface area contributed by atoms with E-state index < -0.39 is 11.9 Å². The summed E-state index contributed by atoms with van der Waals surface area (Å²) in [6.07, 6.45) is 1.62. The van der Waals surface area contributed by atoms with E-state index in [2.05, 4.69) is 5.32 Å². The van der Waals surface area contributed by atoms with Gasteiger partial charge in [0.2, 0.25) is 5.91 Å². The highest BCUT2D eigenvalue weighted by atomic mass is 35.5. The number of carboxylic acids is 1. The van der Waals surface area contributed by atoms with Crippen molar-refractivity contribution in [3.63, 3.8) is 0 Å². The zero-order chi connectivity index (χ0) is 12.1. The lowest BCUT2D eigenvalue weighted by Gasteiger charge is -2.04. The van der Waals surface area contributed by atoms with Crippen molar-refractivity contribution in [2.45, 2.75) is 0 Å². The van der Waals surface area contributed by atoms with Crippen molar-refractivity contribution in [1.29, 1.82) is 0 Å². The Hall–Kier alpha value is -1.52. The van der Waals surface area contributed by atoms with Crippen molar-refractivity contribution in [1.82, 2.24) is 0 Å². The maximum Gasteiger partial charge on any atom is 0.328 e. The summed E-state index contributed by atoms with van der Waals surface area (Å²) in [5, 5.41) is 11.5. The molecule has 1 aromatic carbocycles. The number of hydrogen-bond donors (Lipinski definition) is 2. The van der Waals surface area contributed by atoms with Crippen LogP contribution >= 0.6 is 23.2 Å². The van der Waals surface area contributed by atoms with Gasteiger partial charge < -0.3 is 10.4 Å². The first-order chi connectivity index (χ1) is 7.49. The van der Waals surface area contributed by atoms with Crippen LogP contribution in [0.3, 0.4) is 0 Å². The van der Waals surface area contributed by atoms with Crippen LogP contribution in [0.2, 0.25) is 10.0 Å². The quantitative estimate of drug-likeness (QED) is 0.821. The van der Waals surface area contributed by atoms with Crippen molar-refractivity contribution in [2.24, 2.45) is 0 Å². The summed E-state index contributed by atoms with van der Waals surface area (Å²) < 4.78 is 0. The van der Waals surface area contributed by atoms with E-state index in [1.54, 1.807) is 6.07 Å². The molecular weight excluding hydrogens is 253 g/mol. The van der Waals surface area contributed by atoms with Crippen LogP contribution in [0.15, 0.2) is 30.4 Å². The number of nitrogens with one attached hydrogen (secondary N) is 1. The lowest BCUT2D eigenvalue weighted by atomic mass is 10.3. The minimum absolute atomic E-state index is 0.321. The molecule has 0 unspecified atom stereocenters. The third-order valence-corrected chi connectivity index (χ3v) is 2.13. The van der Waals surface area contributed by atoms with Gasteiger partial charge in [-0.25, -0.2) is 4.79 Å². The number of hydrogen-bond acceptors (Lipinski definition) is 2. The SMILES string of the molecule is O=C(O)C=CC(=O)Nc1cc(Cl)ccc1Cl. The van der Waals surface area contributed by atoms with Gasteiger partial charge in [-0.15, -0.1) is 0 Å². The van der Waals surface area contributed by atoms with Crippen LogP contribution in [0, 0.1) is 0 Å². The number of carbonyl (C=O) groups excluding carboxylic acids is 1. The molecule has 0 spiro atoms. The number of carbonyl (C=O) groups is 2. The van der Waals surface area contributed by atoms with Crippen LogP contribution in [-0.4, -0.2) is 17.0 Å². The van der Waals surface area contributed by atoms with Crippen LogP contribution < -0.4 is 5.32 Å². The molecule has 1 aromatic rings. The Bertz CT molecular complexity index is 457. The Morgan fingerprint density at radius 1 is 1.25 bits per heavy atom. The highest BCUT2D eigenvalue weighted by Gasteiger charge is 2.04. The number of rotatable bonds is 3. The summed E-state index contributed by atoms with van der Waals surface area (Å²) in [5.74, 6) is -1.79. The highest BCUT2D eigenvalue weighted by Crippen LogP contribution is 2.25. The lowest BCUT2D eigenvalue weighted by Crippen LogP contribution is -2.09. The third kappa shape index (κ3) is 3.92. The van der Waals surface area contributed by atoms with E-state index in [4.69, 9.17) is 28.3 Å². The second kappa shape index (κ2) is 5.53. The smallest absolute Gasteiger partial charge is 0.328 e. The Kier molecular flexibility index (Phi) is 4.34. The monoisotopic (exact) mass is 259 g/mol. The molecule has 6 heteroatoms. The molecule has 0 radical (unpaired) electrons. The van der Waals surface area contributed by atoms with Gasteiger partial charge in [-0.1, -0.05) is 23.2 Å². The van der Waals surface area contributed by atoms with Crippen molar-refractivity contribution >= 4 is 40.8 Å². The second-order valence-corrected chi connectivity index (χ2v) is 3.63. The fourth-order valence-electron chi connectivity index (χ4n) is 0.915. The molecule has 16 heavy (non-hydrogen) atoms. The number of halogens is 2. The average molecular weight is 260 g/mol. The number of amides is 1. The predicted octanol–water partition coefficient (Wildman–Crippen LogP) is 2.57. The molecule has 0 atom stereocenters. The molecule has 2 N–H and O–H groups in total. The van der Waals surface area contributed by atoms with E-state index in [1.807, 2.05) is 0 Å². The lowest BCUT2D eigenvalue weighted by molar-refractivity contribution is -0.131. The zero-order valence-corrected chi connectivity index (χ0v) is 9.42. The normalized spacial score (nSPS) is 10.4. The van der Waals surface area contributed by atoms with Gasteiger partial charge in [-0.3, -0.25) is 4.79 Å². The summed E-state index contributed by atoms with van der Waals surface area (Å²) >= 11 is 11.5. The highest BCUT2D eigenvalue weighted by molar-refractivity contribution is 6.35. The van der Waals surface area contributed by atoms with Crippen LogP contribution in [0.25, 0.3) is 0 Å². The molecular formula is C10H7Cl2NO3. The molecule has 0 saturated carbocycles. The molecule has 84 valence electrons. The molecule has 0 aliphatic heterocycles. The van der Waals surface area contributed by atoms with Crippen molar-refractivity contribution < 1.29 is 14.7 Å². The minimum Gasteiger partial charge on any atom is -0.478 e. The Labute approximate surface area is 101 Å². The first kappa shape index (κ1) is 12.5. The van der Waals surface area contributed by atoms with Crippen LogP contribution in [-0.2, 0) is 9.59 Å². The summed E-state index contributed by atoms with van der Waals surface area (Å²) in [5.41, 5.74) is 0.328. The summed E-state index contributed by atoms with van der Waals surface area (Å²) in [6.45, 7) is 0. The van der Waals surface area contributed by atoms with Gasteiger partial charge in [0.05, 0.1) is 10.7 Å². The molecule has 0 saturated heterocycles. The molecule has 0 fully saturated rings. The van der Waals surface area contributed by atoms with Gasteiger partial charge in [0.15, 0.2) is 0 Å². The maximum atomic E-state index is 11.2. The van der Waals surface area contributed by atoms with E-state index >= 15 is 0 Å². The Morgan fingerprint density at radius 3 is 2.56 bits per heavy atom. The summed E-state index contributed by atoms with van der Waals surface area (Å²) in [7, 11) is 0. The topological polar surface area (TPSA) is 66.4 Å². The molecule has 0 heterocycles. The van der Waals surface area contributed by atoms with Crippen LogP contribution in [0.1, 0.15) is 0 Å². The maximum absolute atomic E-state index is 11.2. The van der Waals surface area contributed by atoms with Gasteiger partial charge in [0.25, 0.3) is 0 Å². The number of carboxylic acid groups (broad SMARTS) is 1. The molecule has 0 aliphatic rings. The zero-order valence-electron chi connectivity index (χ0n) is 7.91. The van der Waals surface area contributed by atoms with Gasteiger partial charge >= 0.3 is 5.97 Å². The molecule has 1 amide bonds. The van der Waals surface area contributed by atoms with E-state index in [-0.39, 0.29) is 0 Å². The fraction of sp³-hybridized carbons (Fsp3) is 0. The van der Waals surface area contributed by atoms with Crippen LogP contribution in [0.5, 0.6) is 0 Å². The molecule has 0 aromatic heterocycles. The van der Waals surface area contributed by atoms with Gasteiger partial charge in [0, 0.05) is 17.2 Å². The third-order valence-electron chi connectivity index (χ3n) is 1.56. The fourth-order valence-corrected chi connectivity index (χ4v) is 1.25. The van der Waals surface area contributed by atoms with E-state index in [0.29, 0.717) is 15.7 Å². The van der Waals surface area contributed by atoms with Crippen molar-refractivity contribution in [2.75, 3.05) is 5.32 Å². The van der Waals surface area contributed by atoms with Crippen LogP contribution in [0.4, 0.5) is 5.69 Å². The minimum atomic E-state index is -1.20. The largest absolute Gasteiger partial charge is 0.478 e. The number of benzene rings is 1. The molecule has 0 aliphatic carbocycles. The number of anilines is 1. The molecule has 1 rings (SSSR count). The first-order valence-electron chi connectivity index (χ1n) is 4.16. The predicted molar refractivity (Wildman–Crippen MR) is 61.9 cm³/mol. The summed E-state index contributed by atoms with van der Waals surface area (Å²) in [6, 6.07) is 4.57. The Morgan fingerprint density at radius 2 is 1.94 bits per heavy atom. The number of aliphatic carboxylic acids is 1. The second-order valence-electron chi connectivity index (χ2n) is 2.78. The molecule has 4 nitrogen and oxygen atoms in total. The molecule has 0 bridgehead atoms.